The normalized spacial score (nSPS) is 10.6. The van der Waals surface area contributed by atoms with Gasteiger partial charge in [0.05, 0.1) is 11.3 Å². The summed E-state index contributed by atoms with van der Waals surface area (Å²) in [6, 6.07) is 13.0. The number of carbonyl (C=O) groups excluding carboxylic acids is 1. The third kappa shape index (κ3) is 3.13. The van der Waals surface area contributed by atoms with Crippen molar-refractivity contribution in [2.75, 3.05) is 5.32 Å². The van der Waals surface area contributed by atoms with Crippen LogP contribution in [0.1, 0.15) is 27.3 Å². The summed E-state index contributed by atoms with van der Waals surface area (Å²) in [5, 5.41) is 6.71. The molecule has 0 fully saturated rings. The summed E-state index contributed by atoms with van der Waals surface area (Å²) in [5.74, 6) is 0.769. The van der Waals surface area contributed by atoms with Gasteiger partial charge in [0, 0.05) is 5.56 Å². The molecule has 2 aromatic carbocycles. The molecule has 0 aliphatic rings. The number of nitrogens with zero attached hydrogens (tertiary/aromatic N) is 2. The van der Waals surface area contributed by atoms with Gasteiger partial charge in [0.1, 0.15) is 0 Å². The standard InChI is InChI=1S/C18H17N3O2/c1-11-8-9-14(10-12(11)2)17(22)20-16-7-5-4-6-15(16)18-19-13(3)21-23-18/h4-10H,1-3H3,(H,20,22). The van der Waals surface area contributed by atoms with Gasteiger partial charge in [-0.3, -0.25) is 4.79 Å². The van der Waals surface area contributed by atoms with Gasteiger partial charge in [0.15, 0.2) is 5.82 Å². The average molecular weight is 307 g/mol. The Morgan fingerprint density at radius 2 is 1.83 bits per heavy atom. The van der Waals surface area contributed by atoms with Gasteiger partial charge in [0.25, 0.3) is 11.8 Å². The molecule has 3 rings (SSSR count). The number of carbonyl (C=O) groups is 1. The van der Waals surface area contributed by atoms with Crippen LogP contribution in [0.25, 0.3) is 11.5 Å². The number of hydrogen-bond donors (Lipinski definition) is 1. The smallest absolute Gasteiger partial charge is 0.260 e. The van der Waals surface area contributed by atoms with E-state index >= 15 is 0 Å². The Hall–Kier alpha value is -2.95. The molecule has 1 N–H and O–H groups in total. The van der Waals surface area contributed by atoms with Crippen molar-refractivity contribution < 1.29 is 9.32 Å². The molecule has 116 valence electrons. The summed E-state index contributed by atoms with van der Waals surface area (Å²) in [4.78, 5) is 16.7. The lowest BCUT2D eigenvalue weighted by Gasteiger charge is -2.09. The minimum Gasteiger partial charge on any atom is -0.334 e. The maximum absolute atomic E-state index is 12.5. The first-order valence-corrected chi connectivity index (χ1v) is 7.33. The molecule has 0 atom stereocenters. The maximum Gasteiger partial charge on any atom is 0.260 e. The van der Waals surface area contributed by atoms with Gasteiger partial charge >= 0.3 is 0 Å². The Balaban J connectivity index is 1.91. The lowest BCUT2D eigenvalue weighted by Crippen LogP contribution is -2.13. The molecule has 0 aliphatic carbocycles. The number of amides is 1. The predicted octanol–water partition coefficient (Wildman–Crippen LogP) is 3.91. The highest BCUT2D eigenvalue weighted by Crippen LogP contribution is 2.26. The lowest BCUT2D eigenvalue weighted by molar-refractivity contribution is 0.102. The highest BCUT2D eigenvalue weighted by Gasteiger charge is 2.14. The summed E-state index contributed by atoms with van der Waals surface area (Å²) in [6.07, 6.45) is 0. The molecule has 0 bridgehead atoms. The molecule has 0 radical (unpaired) electrons. The van der Waals surface area contributed by atoms with Crippen molar-refractivity contribution in [1.29, 1.82) is 0 Å². The molecule has 5 nitrogen and oxygen atoms in total. The van der Waals surface area contributed by atoms with E-state index in [-0.39, 0.29) is 5.91 Å². The van der Waals surface area contributed by atoms with Crippen LogP contribution in [-0.2, 0) is 0 Å². The number of rotatable bonds is 3. The quantitative estimate of drug-likeness (QED) is 0.796. The number of aryl methyl sites for hydroxylation is 3. The molecule has 0 aliphatic heterocycles. The zero-order valence-corrected chi connectivity index (χ0v) is 13.3. The second-order valence-electron chi connectivity index (χ2n) is 5.45. The van der Waals surface area contributed by atoms with Crippen LogP contribution in [0.3, 0.4) is 0 Å². The highest BCUT2D eigenvalue weighted by atomic mass is 16.5. The van der Waals surface area contributed by atoms with E-state index in [1.54, 1.807) is 6.92 Å². The van der Waals surface area contributed by atoms with E-state index in [9.17, 15) is 4.79 Å². The second-order valence-corrected chi connectivity index (χ2v) is 5.45. The van der Waals surface area contributed by atoms with Crippen molar-refractivity contribution >= 4 is 11.6 Å². The van der Waals surface area contributed by atoms with Crippen molar-refractivity contribution in [2.24, 2.45) is 0 Å². The summed E-state index contributed by atoms with van der Waals surface area (Å²) < 4.78 is 5.20. The Morgan fingerprint density at radius 1 is 1.04 bits per heavy atom. The van der Waals surface area contributed by atoms with Gasteiger partial charge in [0.2, 0.25) is 0 Å². The number of para-hydroxylation sites is 1. The number of benzene rings is 2. The number of aromatic nitrogens is 2. The molecule has 1 heterocycles. The molecule has 0 unspecified atom stereocenters. The van der Waals surface area contributed by atoms with Gasteiger partial charge in [-0.05, 0) is 56.2 Å². The van der Waals surface area contributed by atoms with Crippen molar-refractivity contribution in [3.63, 3.8) is 0 Å². The van der Waals surface area contributed by atoms with E-state index in [1.165, 1.54) is 0 Å². The van der Waals surface area contributed by atoms with Gasteiger partial charge < -0.3 is 9.84 Å². The highest BCUT2D eigenvalue weighted by molar-refractivity contribution is 6.06. The lowest BCUT2D eigenvalue weighted by atomic mass is 10.1. The van der Waals surface area contributed by atoms with Crippen LogP contribution in [0.4, 0.5) is 5.69 Å². The molecule has 0 saturated heterocycles. The largest absolute Gasteiger partial charge is 0.334 e. The summed E-state index contributed by atoms with van der Waals surface area (Å²) in [6.45, 7) is 5.76. The van der Waals surface area contributed by atoms with Crippen molar-refractivity contribution in [2.45, 2.75) is 20.8 Å². The molecule has 23 heavy (non-hydrogen) atoms. The third-order valence-electron chi connectivity index (χ3n) is 3.70. The summed E-state index contributed by atoms with van der Waals surface area (Å²) in [5.41, 5.74) is 4.19. The van der Waals surface area contributed by atoms with Gasteiger partial charge in [-0.15, -0.1) is 0 Å². The first-order valence-electron chi connectivity index (χ1n) is 7.33. The van der Waals surface area contributed by atoms with E-state index in [4.69, 9.17) is 4.52 Å². The third-order valence-corrected chi connectivity index (χ3v) is 3.70. The fourth-order valence-corrected chi connectivity index (χ4v) is 2.26. The Labute approximate surface area is 134 Å². The van der Waals surface area contributed by atoms with E-state index < -0.39 is 0 Å². The predicted molar refractivity (Wildman–Crippen MR) is 88.3 cm³/mol. The molecule has 1 amide bonds. The molecule has 0 spiro atoms. The van der Waals surface area contributed by atoms with Crippen molar-refractivity contribution in [1.82, 2.24) is 10.1 Å². The van der Waals surface area contributed by atoms with Crippen molar-refractivity contribution in [3.8, 4) is 11.5 Å². The fourth-order valence-electron chi connectivity index (χ4n) is 2.26. The molecule has 1 aromatic heterocycles. The topological polar surface area (TPSA) is 68.0 Å². The maximum atomic E-state index is 12.5. The fraction of sp³-hybridized carbons (Fsp3) is 0.167. The Kier molecular flexibility index (Phi) is 3.93. The number of anilines is 1. The van der Waals surface area contributed by atoms with E-state index in [1.807, 2.05) is 56.3 Å². The molecule has 0 saturated carbocycles. The molecule has 3 aromatic rings. The molecular formula is C18H17N3O2. The number of nitrogens with one attached hydrogen (secondary N) is 1. The zero-order chi connectivity index (χ0) is 16.4. The van der Waals surface area contributed by atoms with E-state index in [2.05, 4.69) is 15.5 Å². The first-order chi connectivity index (χ1) is 11.0. The van der Waals surface area contributed by atoms with Crippen LogP contribution < -0.4 is 5.32 Å². The minimum atomic E-state index is -0.170. The van der Waals surface area contributed by atoms with Crippen LogP contribution in [0.2, 0.25) is 0 Å². The Bertz CT molecular complexity index is 868. The Morgan fingerprint density at radius 3 is 2.52 bits per heavy atom. The summed E-state index contributed by atoms with van der Waals surface area (Å²) in [7, 11) is 0. The van der Waals surface area contributed by atoms with Crippen LogP contribution in [0, 0.1) is 20.8 Å². The molecule has 5 heteroatoms. The van der Waals surface area contributed by atoms with Crippen LogP contribution in [0.15, 0.2) is 47.0 Å². The van der Waals surface area contributed by atoms with E-state index in [0.717, 1.165) is 11.1 Å². The van der Waals surface area contributed by atoms with Gasteiger partial charge in [-0.25, -0.2) is 0 Å². The SMILES string of the molecule is Cc1noc(-c2ccccc2NC(=O)c2ccc(C)c(C)c2)n1. The monoisotopic (exact) mass is 307 g/mol. The van der Waals surface area contributed by atoms with E-state index in [0.29, 0.717) is 28.5 Å². The summed E-state index contributed by atoms with van der Waals surface area (Å²) >= 11 is 0. The first kappa shape index (κ1) is 15.0. The minimum absolute atomic E-state index is 0.170. The van der Waals surface area contributed by atoms with Crippen LogP contribution >= 0.6 is 0 Å². The zero-order valence-electron chi connectivity index (χ0n) is 13.3. The van der Waals surface area contributed by atoms with Gasteiger partial charge in [-0.2, -0.15) is 4.98 Å². The van der Waals surface area contributed by atoms with Gasteiger partial charge in [-0.1, -0.05) is 23.4 Å². The average Bonchev–Trinajstić information content (AvgIpc) is 2.97. The number of hydrogen-bond acceptors (Lipinski definition) is 4. The second kappa shape index (κ2) is 6.04. The van der Waals surface area contributed by atoms with Crippen molar-refractivity contribution in [3.05, 3.63) is 65.0 Å². The van der Waals surface area contributed by atoms with Crippen LogP contribution in [-0.4, -0.2) is 16.0 Å². The molecular weight excluding hydrogens is 290 g/mol. The van der Waals surface area contributed by atoms with Crippen LogP contribution in [0.5, 0.6) is 0 Å².